The molecular formula is C15H20Cl3NO10. The maximum Gasteiger partial charge on any atom is 0.407 e. The first kappa shape index (κ1) is 25.5. The second-order valence-corrected chi connectivity index (χ2v) is 8.39. The van der Waals surface area contributed by atoms with Gasteiger partial charge in [-0.25, -0.2) is 4.79 Å². The molecule has 5 atom stereocenters. The van der Waals surface area contributed by atoms with E-state index in [4.69, 9.17) is 58.5 Å². The minimum atomic E-state index is -1.89. The lowest BCUT2D eigenvalue weighted by atomic mass is 9.96. The Morgan fingerprint density at radius 2 is 1.52 bits per heavy atom. The smallest absolute Gasteiger partial charge is 0.407 e. The molecule has 166 valence electrons. The Hall–Kier alpha value is -1.53. The fraction of sp³-hybridized carbons (Fsp3) is 0.733. The molecule has 1 fully saturated rings. The molecule has 1 aliphatic heterocycles. The number of carbonyl (C=O) groups excluding carboxylic acids is 4. The Bertz CT molecular complexity index is 626. The van der Waals surface area contributed by atoms with Crippen molar-refractivity contribution < 1.29 is 48.0 Å². The third kappa shape index (κ3) is 9.22. The zero-order chi connectivity index (χ0) is 22.4. The van der Waals surface area contributed by atoms with Crippen molar-refractivity contribution in [1.29, 1.82) is 0 Å². The number of aliphatic hydroxyl groups excluding tert-OH is 1. The molecule has 11 nitrogen and oxygen atoms in total. The van der Waals surface area contributed by atoms with Crippen molar-refractivity contribution in [3.63, 3.8) is 0 Å². The van der Waals surface area contributed by atoms with Crippen LogP contribution >= 0.6 is 34.8 Å². The van der Waals surface area contributed by atoms with Crippen molar-refractivity contribution in [1.82, 2.24) is 5.32 Å². The molecule has 1 saturated heterocycles. The van der Waals surface area contributed by atoms with Gasteiger partial charge in [0.1, 0.15) is 25.4 Å². The molecule has 0 aromatic heterocycles. The molecule has 0 aromatic rings. The average molecular weight is 481 g/mol. The van der Waals surface area contributed by atoms with Gasteiger partial charge in [0.2, 0.25) is 3.79 Å². The van der Waals surface area contributed by atoms with Crippen LogP contribution in [0.1, 0.15) is 20.8 Å². The maximum absolute atomic E-state index is 12.0. The predicted molar refractivity (Wildman–Crippen MR) is 97.2 cm³/mol. The van der Waals surface area contributed by atoms with Crippen LogP contribution in [0.15, 0.2) is 0 Å². The molecule has 1 heterocycles. The summed E-state index contributed by atoms with van der Waals surface area (Å²) >= 11 is 16.5. The quantitative estimate of drug-likeness (QED) is 0.314. The van der Waals surface area contributed by atoms with Gasteiger partial charge in [-0.05, 0) is 0 Å². The van der Waals surface area contributed by atoms with E-state index >= 15 is 0 Å². The van der Waals surface area contributed by atoms with E-state index in [1.54, 1.807) is 0 Å². The van der Waals surface area contributed by atoms with Crippen LogP contribution in [0.25, 0.3) is 0 Å². The summed E-state index contributed by atoms with van der Waals surface area (Å²) < 4.78 is 23.2. The molecule has 0 radical (unpaired) electrons. The van der Waals surface area contributed by atoms with E-state index in [1.165, 1.54) is 0 Å². The van der Waals surface area contributed by atoms with Gasteiger partial charge >= 0.3 is 24.0 Å². The number of rotatable bonds is 6. The summed E-state index contributed by atoms with van der Waals surface area (Å²) in [4.78, 5) is 46.1. The third-order valence-corrected chi connectivity index (χ3v) is 3.70. The van der Waals surface area contributed by atoms with E-state index in [1.807, 2.05) is 0 Å². The molecule has 2 N–H and O–H groups in total. The number of aliphatic hydroxyl groups is 1. The van der Waals surface area contributed by atoms with Crippen LogP contribution in [0.2, 0.25) is 0 Å². The molecule has 1 rings (SSSR count). The number of alkyl carbamates (subject to hydrolysis) is 1. The highest BCUT2D eigenvalue weighted by molar-refractivity contribution is 6.67. The topological polar surface area (TPSA) is 147 Å². The molecule has 29 heavy (non-hydrogen) atoms. The van der Waals surface area contributed by atoms with Crippen molar-refractivity contribution >= 4 is 58.8 Å². The number of esters is 3. The van der Waals surface area contributed by atoms with Crippen molar-refractivity contribution in [2.24, 2.45) is 0 Å². The summed E-state index contributed by atoms with van der Waals surface area (Å²) in [5.74, 6) is -2.25. The summed E-state index contributed by atoms with van der Waals surface area (Å²) in [5.41, 5.74) is 0. The molecule has 0 aromatic carbocycles. The fourth-order valence-corrected chi connectivity index (χ4v) is 2.56. The average Bonchev–Trinajstić information content (AvgIpc) is 2.55. The van der Waals surface area contributed by atoms with Crippen LogP contribution in [0.3, 0.4) is 0 Å². The predicted octanol–water partition coefficient (Wildman–Crippen LogP) is 0.595. The number of nitrogens with one attached hydrogen (secondary N) is 1. The van der Waals surface area contributed by atoms with Gasteiger partial charge in [-0.1, -0.05) is 34.8 Å². The maximum atomic E-state index is 12.0. The molecule has 0 saturated carbocycles. The van der Waals surface area contributed by atoms with E-state index in [0.717, 1.165) is 20.8 Å². The summed E-state index contributed by atoms with van der Waals surface area (Å²) in [6.07, 6.45) is -6.84. The number of halogens is 3. The molecule has 1 amide bonds. The van der Waals surface area contributed by atoms with E-state index in [-0.39, 0.29) is 0 Å². The molecule has 14 heteroatoms. The zero-order valence-corrected chi connectivity index (χ0v) is 17.8. The van der Waals surface area contributed by atoms with Crippen LogP contribution in [0.4, 0.5) is 4.79 Å². The molecule has 1 aliphatic rings. The minimum Gasteiger partial charge on any atom is -0.463 e. The minimum absolute atomic E-state index is 0.424. The summed E-state index contributed by atoms with van der Waals surface area (Å²) in [7, 11) is 0. The summed E-state index contributed by atoms with van der Waals surface area (Å²) in [6.45, 7) is 2.23. The van der Waals surface area contributed by atoms with Gasteiger partial charge in [0.25, 0.3) is 0 Å². The highest BCUT2D eigenvalue weighted by Crippen LogP contribution is 2.27. The normalized spacial score (nSPS) is 26.8. The number of alkyl halides is 3. The molecular weight excluding hydrogens is 461 g/mol. The monoisotopic (exact) mass is 479 g/mol. The largest absolute Gasteiger partial charge is 0.463 e. The Morgan fingerprint density at radius 1 is 0.966 bits per heavy atom. The molecule has 0 spiro atoms. The number of carbonyl (C=O) groups is 4. The summed E-state index contributed by atoms with van der Waals surface area (Å²) in [6, 6.07) is -1.43. The van der Waals surface area contributed by atoms with Gasteiger partial charge in [-0.3, -0.25) is 14.4 Å². The second kappa shape index (κ2) is 11.0. The SMILES string of the molecule is CC(=O)OC[C@H]1OC(O)[C@H](NC(=O)OCC(Cl)(Cl)Cl)[C@@H](OC(C)=O)[C@@H]1OC(C)=O. The molecule has 0 aliphatic carbocycles. The van der Waals surface area contributed by atoms with Gasteiger partial charge in [0, 0.05) is 20.8 Å². The number of amides is 1. The van der Waals surface area contributed by atoms with Gasteiger partial charge in [0.15, 0.2) is 18.5 Å². The first-order chi connectivity index (χ1) is 13.3. The summed E-state index contributed by atoms with van der Waals surface area (Å²) in [5, 5.41) is 12.5. The third-order valence-electron chi connectivity index (χ3n) is 3.37. The number of hydrogen-bond donors (Lipinski definition) is 2. The Balaban J connectivity index is 3.06. The molecule has 1 unspecified atom stereocenters. The van der Waals surface area contributed by atoms with Gasteiger partial charge < -0.3 is 34.1 Å². The van der Waals surface area contributed by atoms with Gasteiger partial charge in [-0.2, -0.15) is 0 Å². The van der Waals surface area contributed by atoms with Crippen LogP contribution in [-0.4, -0.2) is 76.8 Å². The van der Waals surface area contributed by atoms with Crippen molar-refractivity contribution in [2.75, 3.05) is 13.2 Å². The molecule has 0 bridgehead atoms. The number of hydrogen-bond acceptors (Lipinski definition) is 10. The van der Waals surface area contributed by atoms with Gasteiger partial charge in [0.05, 0.1) is 0 Å². The Morgan fingerprint density at radius 3 is 2.00 bits per heavy atom. The van der Waals surface area contributed by atoms with E-state index in [9.17, 15) is 24.3 Å². The Kier molecular flexibility index (Phi) is 9.69. The van der Waals surface area contributed by atoms with Gasteiger partial charge in [-0.15, -0.1) is 0 Å². The van der Waals surface area contributed by atoms with Crippen molar-refractivity contribution in [3.8, 4) is 0 Å². The van der Waals surface area contributed by atoms with Crippen LogP contribution < -0.4 is 5.32 Å². The number of ether oxygens (including phenoxy) is 5. The van der Waals surface area contributed by atoms with Crippen LogP contribution in [0.5, 0.6) is 0 Å². The standard InChI is InChI=1S/C15H20Cl3NO10/c1-6(20)25-4-9-11(27-7(2)21)12(28-8(3)22)10(13(23)29-9)19-14(24)26-5-15(16,17)18/h9-13,23H,4-5H2,1-3H3,(H,19,24)/t9-,10-,11-,12-,13?/m1/s1. The second-order valence-electron chi connectivity index (χ2n) is 5.88. The van der Waals surface area contributed by atoms with Crippen LogP contribution in [-0.2, 0) is 38.1 Å². The Labute approximate surface area is 180 Å². The highest BCUT2D eigenvalue weighted by Gasteiger charge is 2.50. The van der Waals surface area contributed by atoms with Crippen LogP contribution in [0, 0.1) is 0 Å². The highest BCUT2D eigenvalue weighted by atomic mass is 35.6. The lowest BCUT2D eigenvalue weighted by Crippen LogP contribution is -2.66. The van der Waals surface area contributed by atoms with E-state index in [2.05, 4.69) is 5.32 Å². The van der Waals surface area contributed by atoms with Crippen molar-refractivity contribution in [3.05, 3.63) is 0 Å². The van der Waals surface area contributed by atoms with Crippen molar-refractivity contribution in [2.45, 2.75) is 55.2 Å². The lowest BCUT2D eigenvalue weighted by Gasteiger charge is -2.43. The lowest BCUT2D eigenvalue weighted by molar-refractivity contribution is -0.264. The van der Waals surface area contributed by atoms with E-state index < -0.39 is 71.7 Å². The zero-order valence-electron chi connectivity index (χ0n) is 15.6. The first-order valence-electron chi connectivity index (χ1n) is 8.11. The first-order valence-corrected chi connectivity index (χ1v) is 9.25. The fourth-order valence-electron chi connectivity index (χ4n) is 2.40. The van der Waals surface area contributed by atoms with E-state index in [0.29, 0.717) is 0 Å².